The topological polar surface area (TPSA) is 114 Å². The number of rotatable bonds is 5. The van der Waals surface area contributed by atoms with Crippen molar-refractivity contribution in [3.05, 3.63) is 36.3 Å². The van der Waals surface area contributed by atoms with Crippen LogP contribution in [-0.2, 0) is 0 Å². The molecule has 2 N–H and O–H groups in total. The predicted molar refractivity (Wildman–Crippen MR) is 117 cm³/mol. The van der Waals surface area contributed by atoms with Crippen LogP contribution < -0.4 is 25.0 Å². The van der Waals surface area contributed by atoms with Crippen molar-refractivity contribution in [3.63, 3.8) is 0 Å². The van der Waals surface area contributed by atoms with E-state index < -0.39 is 0 Å². The zero-order valence-electron chi connectivity index (χ0n) is 17.9. The Hall–Kier alpha value is -3.53. The summed E-state index contributed by atoms with van der Waals surface area (Å²) in [5.41, 5.74) is 1.86. The molecule has 4 rings (SSSR count). The highest BCUT2D eigenvalue weighted by Gasteiger charge is 2.25. The van der Waals surface area contributed by atoms with Crippen LogP contribution in [0.3, 0.4) is 0 Å². The predicted octanol–water partition coefficient (Wildman–Crippen LogP) is 1.88. The lowest BCUT2D eigenvalue weighted by atomic mass is 10.0. The zero-order chi connectivity index (χ0) is 22.0. The molecule has 0 unspecified atom stereocenters. The van der Waals surface area contributed by atoms with Crippen LogP contribution in [0, 0.1) is 0 Å². The van der Waals surface area contributed by atoms with Gasteiger partial charge in [-0.05, 0) is 26.0 Å². The van der Waals surface area contributed by atoms with Crippen LogP contribution in [0.5, 0.6) is 11.9 Å². The fourth-order valence-corrected chi connectivity index (χ4v) is 3.91. The van der Waals surface area contributed by atoms with E-state index in [0.29, 0.717) is 23.2 Å². The van der Waals surface area contributed by atoms with E-state index in [1.54, 1.807) is 12.3 Å². The summed E-state index contributed by atoms with van der Waals surface area (Å²) in [5, 5.41) is 7.07. The number of hydrogen-bond acceptors (Lipinski definition) is 9. The average Bonchev–Trinajstić information content (AvgIpc) is 2.77. The summed E-state index contributed by atoms with van der Waals surface area (Å²) in [5.74, 6) is 0.0870. The Balaban J connectivity index is 1.76. The number of piperazine rings is 1. The maximum Gasteiger partial charge on any atom is 0.316 e. The maximum atomic E-state index is 13.1. The molecule has 2 atom stereocenters. The zero-order valence-corrected chi connectivity index (χ0v) is 17.9. The summed E-state index contributed by atoms with van der Waals surface area (Å²) in [6.45, 7) is 5.99. The lowest BCUT2D eigenvalue weighted by molar-refractivity contribution is 0.102. The van der Waals surface area contributed by atoms with E-state index in [1.807, 2.05) is 6.07 Å². The summed E-state index contributed by atoms with van der Waals surface area (Å²) in [6, 6.07) is 4.57. The maximum absolute atomic E-state index is 13.1. The van der Waals surface area contributed by atoms with Gasteiger partial charge in [0.1, 0.15) is 0 Å². The number of amides is 1. The number of anilines is 2. The van der Waals surface area contributed by atoms with Gasteiger partial charge >= 0.3 is 6.01 Å². The molecule has 3 heterocycles. The minimum atomic E-state index is -0.377. The summed E-state index contributed by atoms with van der Waals surface area (Å²) in [4.78, 5) is 32.4. The van der Waals surface area contributed by atoms with Crippen molar-refractivity contribution in [3.8, 4) is 11.9 Å². The summed E-state index contributed by atoms with van der Waals surface area (Å²) in [7, 11) is 2.96. The molecule has 1 fully saturated rings. The highest BCUT2D eigenvalue weighted by Crippen LogP contribution is 2.31. The molecule has 1 aliphatic rings. The van der Waals surface area contributed by atoms with Crippen LogP contribution in [-0.4, -0.2) is 65.2 Å². The molecule has 0 spiro atoms. The SMILES string of the molecule is COc1ncc2c(N3C[C@@H](C)N[C@@H](C)C3)ccc(C(=O)Nc3nccnc3OC)c2n1. The van der Waals surface area contributed by atoms with E-state index in [-0.39, 0.29) is 23.6 Å². The number of carbonyl (C=O) groups is 1. The van der Waals surface area contributed by atoms with Crippen LogP contribution >= 0.6 is 0 Å². The normalized spacial score (nSPS) is 18.6. The number of benzene rings is 1. The highest BCUT2D eigenvalue weighted by molar-refractivity contribution is 6.13. The molecular weight excluding hydrogens is 398 g/mol. The Kier molecular flexibility index (Phi) is 5.81. The molecule has 1 amide bonds. The fourth-order valence-electron chi connectivity index (χ4n) is 3.91. The minimum Gasteiger partial charge on any atom is -0.478 e. The van der Waals surface area contributed by atoms with Gasteiger partial charge in [0.15, 0.2) is 5.82 Å². The van der Waals surface area contributed by atoms with Gasteiger partial charge in [0, 0.05) is 54.8 Å². The second kappa shape index (κ2) is 8.68. The third-order valence-electron chi connectivity index (χ3n) is 5.12. The Bertz CT molecular complexity index is 1100. The van der Waals surface area contributed by atoms with Gasteiger partial charge < -0.3 is 25.0 Å². The molecule has 0 radical (unpaired) electrons. The number of aromatic nitrogens is 4. The van der Waals surface area contributed by atoms with Crippen molar-refractivity contribution >= 4 is 28.3 Å². The third-order valence-corrected chi connectivity index (χ3v) is 5.12. The Morgan fingerprint density at radius 1 is 1.10 bits per heavy atom. The largest absolute Gasteiger partial charge is 0.478 e. The number of fused-ring (bicyclic) bond motifs is 1. The molecule has 3 aromatic rings. The Labute approximate surface area is 180 Å². The quantitative estimate of drug-likeness (QED) is 0.635. The van der Waals surface area contributed by atoms with Crippen LogP contribution in [0.2, 0.25) is 0 Å². The molecular formula is C21H25N7O3. The van der Waals surface area contributed by atoms with Gasteiger partial charge in [-0.1, -0.05) is 0 Å². The molecule has 0 bridgehead atoms. The van der Waals surface area contributed by atoms with Crippen molar-refractivity contribution in [2.45, 2.75) is 25.9 Å². The molecule has 10 nitrogen and oxygen atoms in total. The van der Waals surface area contributed by atoms with Gasteiger partial charge in [-0.25, -0.2) is 15.0 Å². The molecule has 1 aliphatic heterocycles. The number of ether oxygens (including phenoxy) is 2. The molecule has 1 aromatic carbocycles. The van der Waals surface area contributed by atoms with Crippen LogP contribution in [0.1, 0.15) is 24.2 Å². The van der Waals surface area contributed by atoms with Crippen molar-refractivity contribution < 1.29 is 14.3 Å². The van der Waals surface area contributed by atoms with Gasteiger partial charge in [0.25, 0.3) is 11.8 Å². The standard InChI is InChI=1S/C21H25N7O3/c1-12-10-28(11-13(2)25-12)16-6-5-14(17-15(16)9-24-21(26-17)31-4)19(29)27-18-20(30-3)23-8-7-22-18/h5-9,12-13,25H,10-11H2,1-4H3,(H,22,27,29)/t12-,13+. The van der Waals surface area contributed by atoms with Crippen molar-refractivity contribution in [2.75, 3.05) is 37.5 Å². The van der Waals surface area contributed by atoms with Gasteiger partial charge in [-0.2, -0.15) is 4.98 Å². The van der Waals surface area contributed by atoms with Crippen LogP contribution in [0.25, 0.3) is 10.9 Å². The lowest BCUT2D eigenvalue weighted by Crippen LogP contribution is -2.54. The number of methoxy groups -OCH3 is 2. The fraction of sp³-hybridized carbons (Fsp3) is 0.381. The minimum absolute atomic E-state index is 0.192. The second-order valence-electron chi connectivity index (χ2n) is 7.49. The number of hydrogen-bond donors (Lipinski definition) is 2. The van der Waals surface area contributed by atoms with E-state index in [0.717, 1.165) is 24.2 Å². The van der Waals surface area contributed by atoms with Crippen molar-refractivity contribution in [1.29, 1.82) is 0 Å². The molecule has 0 aliphatic carbocycles. The summed E-state index contributed by atoms with van der Waals surface area (Å²) < 4.78 is 10.4. The number of carbonyl (C=O) groups excluding carboxylic acids is 1. The van der Waals surface area contributed by atoms with Gasteiger partial charge in [0.2, 0.25) is 0 Å². The van der Waals surface area contributed by atoms with E-state index in [2.05, 4.69) is 49.3 Å². The summed E-state index contributed by atoms with van der Waals surface area (Å²) in [6.07, 6.45) is 4.68. The molecule has 162 valence electrons. The highest BCUT2D eigenvalue weighted by atomic mass is 16.5. The molecule has 2 aromatic heterocycles. The van der Waals surface area contributed by atoms with Crippen molar-refractivity contribution in [2.24, 2.45) is 0 Å². The van der Waals surface area contributed by atoms with Crippen LogP contribution in [0.4, 0.5) is 11.5 Å². The Morgan fingerprint density at radius 3 is 2.55 bits per heavy atom. The first kappa shape index (κ1) is 20.7. The first-order valence-corrected chi connectivity index (χ1v) is 10.0. The van der Waals surface area contributed by atoms with E-state index in [9.17, 15) is 4.79 Å². The molecule has 31 heavy (non-hydrogen) atoms. The smallest absolute Gasteiger partial charge is 0.316 e. The van der Waals surface area contributed by atoms with E-state index in [4.69, 9.17) is 9.47 Å². The van der Waals surface area contributed by atoms with Gasteiger partial charge in [0.05, 0.1) is 25.3 Å². The first-order chi connectivity index (χ1) is 15.0. The van der Waals surface area contributed by atoms with Crippen molar-refractivity contribution in [1.82, 2.24) is 25.3 Å². The van der Waals surface area contributed by atoms with Gasteiger partial charge in [-0.3, -0.25) is 4.79 Å². The van der Waals surface area contributed by atoms with Gasteiger partial charge in [-0.15, -0.1) is 0 Å². The number of nitrogens with zero attached hydrogens (tertiary/aromatic N) is 5. The average molecular weight is 423 g/mol. The monoisotopic (exact) mass is 423 g/mol. The van der Waals surface area contributed by atoms with Crippen LogP contribution in [0.15, 0.2) is 30.7 Å². The molecule has 1 saturated heterocycles. The number of nitrogens with one attached hydrogen (secondary N) is 2. The molecule has 10 heteroatoms. The first-order valence-electron chi connectivity index (χ1n) is 10.0. The van der Waals surface area contributed by atoms with E-state index >= 15 is 0 Å². The third kappa shape index (κ3) is 4.19. The summed E-state index contributed by atoms with van der Waals surface area (Å²) >= 11 is 0. The second-order valence-corrected chi connectivity index (χ2v) is 7.49. The molecule has 0 saturated carbocycles. The van der Waals surface area contributed by atoms with E-state index in [1.165, 1.54) is 26.6 Å². The Morgan fingerprint density at radius 2 is 1.84 bits per heavy atom. The lowest BCUT2D eigenvalue weighted by Gasteiger charge is -2.38.